The Hall–Kier alpha value is -3.12. The van der Waals surface area contributed by atoms with E-state index in [-0.39, 0.29) is 10.8 Å². The number of para-hydroxylation sites is 1. The van der Waals surface area contributed by atoms with Crippen LogP contribution in [0.2, 0.25) is 0 Å². The first-order valence-electron chi connectivity index (χ1n) is 8.90. The van der Waals surface area contributed by atoms with Gasteiger partial charge in [-0.25, -0.2) is 12.7 Å². The monoisotopic (exact) mass is 392 g/mol. The third-order valence-corrected chi connectivity index (χ3v) is 6.67. The van der Waals surface area contributed by atoms with E-state index in [1.165, 1.54) is 9.21 Å². The minimum Gasteiger partial charge on any atom is -0.309 e. The first-order valence-corrected chi connectivity index (χ1v) is 10.3. The molecule has 0 atom stereocenters. The van der Waals surface area contributed by atoms with Crippen LogP contribution in [-0.2, 0) is 10.0 Å². The van der Waals surface area contributed by atoms with Gasteiger partial charge in [0, 0.05) is 7.05 Å². The lowest BCUT2D eigenvalue weighted by atomic mass is 10.1. The van der Waals surface area contributed by atoms with Gasteiger partial charge >= 0.3 is 0 Å². The number of hydrogen-bond donors (Lipinski definition) is 0. The van der Waals surface area contributed by atoms with E-state index in [1.807, 2.05) is 19.9 Å². The third kappa shape index (κ3) is 2.77. The van der Waals surface area contributed by atoms with Gasteiger partial charge in [0.1, 0.15) is 0 Å². The number of amides is 1. The maximum atomic E-state index is 13.7. The van der Waals surface area contributed by atoms with Crippen molar-refractivity contribution in [2.75, 3.05) is 16.3 Å². The standard InChI is InChI=1S/C22H20N2O3S/c1-15-8-11-17(12-9-15)28(26,27)24-19-7-5-4-6-18(19)22(25)23(3)20-13-10-16(2)14-21(20)24/h4-14H,1-3H3. The highest BCUT2D eigenvalue weighted by molar-refractivity contribution is 7.93. The molecule has 1 heterocycles. The van der Waals surface area contributed by atoms with Crippen LogP contribution < -0.4 is 9.21 Å². The number of nitrogens with zero attached hydrogens (tertiary/aromatic N) is 2. The lowest BCUT2D eigenvalue weighted by molar-refractivity contribution is 0.0994. The fraction of sp³-hybridized carbons (Fsp3) is 0.136. The van der Waals surface area contributed by atoms with Crippen LogP contribution >= 0.6 is 0 Å². The Labute approximate surface area is 164 Å². The Balaban J connectivity index is 2.07. The molecule has 28 heavy (non-hydrogen) atoms. The van der Waals surface area contributed by atoms with Gasteiger partial charge in [-0.15, -0.1) is 0 Å². The van der Waals surface area contributed by atoms with Crippen LogP contribution in [0.15, 0.2) is 71.6 Å². The summed E-state index contributed by atoms with van der Waals surface area (Å²) in [5.41, 5.74) is 3.58. The fourth-order valence-corrected chi connectivity index (χ4v) is 4.92. The molecule has 0 unspecified atom stereocenters. The van der Waals surface area contributed by atoms with Crippen LogP contribution in [0.25, 0.3) is 0 Å². The molecule has 1 aliphatic heterocycles. The van der Waals surface area contributed by atoms with Crippen molar-refractivity contribution in [1.29, 1.82) is 0 Å². The maximum absolute atomic E-state index is 13.7. The molecule has 0 saturated carbocycles. The Kier molecular flexibility index (Phi) is 4.23. The van der Waals surface area contributed by atoms with Gasteiger partial charge in [-0.3, -0.25) is 4.79 Å². The molecule has 142 valence electrons. The smallest absolute Gasteiger partial charge is 0.268 e. The summed E-state index contributed by atoms with van der Waals surface area (Å²) < 4.78 is 28.7. The molecule has 0 N–H and O–H groups in total. The summed E-state index contributed by atoms with van der Waals surface area (Å²) in [4.78, 5) is 14.7. The highest BCUT2D eigenvalue weighted by Crippen LogP contribution is 2.43. The second kappa shape index (κ2) is 6.49. The average molecular weight is 392 g/mol. The molecular weight excluding hydrogens is 372 g/mol. The SMILES string of the molecule is Cc1ccc(S(=O)(=O)N2c3ccccc3C(=O)N(C)c3ccc(C)cc32)cc1. The van der Waals surface area contributed by atoms with E-state index >= 15 is 0 Å². The van der Waals surface area contributed by atoms with Gasteiger partial charge in [-0.05, 0) is 55.8 Å². The molecule has 0 saturated heterocycles. The Bertz CT molecular complexity index is 1180. The zero-order valence-corrected chi connectivity index (χ0v) is 16.7. The van der Waals surface area contributed by atoms with Crippen LogP contribution in [0.1, 0.15) is 21.5 Å². The van der Waals surface area contributed by atoms with Gasteiger partial charge in [0.2, 0.25) is 0 Å². The van der Waals surface area contributed by atoms with Crippen LogP contribution in [-0.4, -0.2) is 21.4 Å². The molecule has 0 radical (unpaired) electrons. The second-order valence-electron chi connectivity index (χ2n) is 6.96. The summed E-state index contributed by atoms with van der Waals surface area (Å²) in [5, 5.41) is 0. The third-order valence-electron chi connectivity index (χ3n) is 4.93. The van der Waals surface area contributed by atoms with Crippen molar-refractivity contribution in [3.63, 3.8) is 0 Å². The number of rotatable bonds is 2. The number of benzene rings is 3. The van der Waals surface area contributed by atoms with Crippen molar-refractivity contribution in [2.45, 2.75) is 18.7 Å². The zero-order chi connectivity index (χ0) is 20.1. The molecular formula is C22H20N2O3S. The number of hydrogen-bond acceptors (Lipinski definition) is 3. The molecule has 0 fully saturated rings. The van der Waals surface area contributed by atoms with Crippen molar-refractivity contribution < 1.29 is 13.2 Å². The number of sulfonamides is 1. The molecule has 3 aromatic carbocycles. The summed E-state index contributed by atoms with van der Waals surface area (Å²) in [6.45, 7) is 3.81. The van der Waals surface area contributed by atoms with E-state index in [0.717, 1.165) is 11.1 Å². The average Bonchev–Trinajstić information content (AvgIpc) is 2.76. The molecule has 4 rings (SSSR count). The van der Waals surface area contributed by atoms with Crippen LogP contribution in [0.5, 0.6) is 0 Å². The minimum absolute atomic E-state index is 0.178. The zero-order valence-electron chi connectivity index (χ0n) is 15.9. The molecule has 1 amide bonds. The summed E-state index contributed by atoms with van der Waals surface area (Å²) in [6.07, 6.45) is 0. The minimum atomic E-state index is -3.94. The molecule has 0 aliphatic carbocycles. The largest absolute Gasteiger partial charge is 0.309 e. The van der Waals surface area contributed by atoms with Crippen LogP contribution in [0, 0.1) is 13.8 Å². The van der Waals surface area contributed by atoms with Gasteiger partial charge in [0.05, 0.1) is 27.5 Å². The van der Waals surface area contributed by atoms with Gasteiger partial charge in [0.15, 0.2) is 0 Å². The van der Waals surface area contributed by atoms with Crippen molar-refractivity contribution in [2.24, 2.45) is 0 Å². The molecule has 3 aromatic rings. The topological polar surface area (TPSA) is 57.7 Å². The van der Waals surface area contributed by atoms with Crippen molar-refractivity contribution in [3.05, 3.63) is 83.4 Å². The van der Waals surface area contributed by atoms with Gasteiger partial charge in [-0.2, -0.15) is 0 Å². The Morgan fingerprint density at radius 2 is 1.39 bits per heavy atom. The van der Waals surface area contributed by atoms with E-state index in [1.54, 1.807) is 67.7 Å². The number of fused-ring (bicyclic) bond motifs is 2. The molecule has 1 aliphatic rings. The quantitative estimate of drug-likeness (QED) is 0.649. The Morgan fingerprint density at radius 1 is 0.750 bits per heavy atom. The molecule has 0 aromatic heterocycles. The van der Waals surface area contributed by atoms with Crippen LogP contribution in [0.3, 0.4) is 0 Å². The van der Waals surface area contributed by atoms with Gasteiger partial charge in [-0.1, -0.05) is 35.9 Å². The van der Waals surface area contributed by atoms with Gasteiger partial charge in [0.25, 0.3) is 15.9 Å². The summed E-state index contributed by atoms with van der Waals surface area (Å²) in [6, 6.07) is 19.0. The molecule has 5 nitrogen and oxygen atoms in total. The maximum Gasteiger partial charge on any atom is 0.268 e. The fourth-order valence-electron chi connectivity index (χ4n) is 3.41. The summed E-state index contributed by atoms with van der Waals surface area (Å²) in [5.74, 6) is -0.248. The van der Waals surface area contributed by atoms with Gasteiger partial charge < -0.3 is 4.90 Å². The first-order chi connectivity index (χ1) is 13.3. The van der Waals surface area contributed by atoms with Crippen molar-refractivity contribution in [3.8, 4) is 0 Å². The van der Waals surface area contributed by atoms with Crippen molar-refractivity contribution in [1.82, 2.24) is 0 Å². The highest BCUT2D eigenvalue weighted by Gasteiger charge is 2.36. The molecule has 6 heteroatoms. The molecule has 0 spiro atoms. The summed E-state index contributed by atoms with van der Waals surface area (Å²) >= 11 is 0. The predicted octanol–water partition coefficient (Wildman–Crippen LogP) is 4.42. The van der Waals surface area contributed by atoms with E-state index in [9.17, 15) is 13.2 Å². The Morgan fingerprint density at radius 3 is 2.11 bits per heavy atom. The predicted molar refractivity (Wildman–Crippen MR) is 111 cm³/mol. The normalized spacial score (nSPS) is 13.8. The second-order valence-corrected chi connectivity index (χ2v) is 8.74. The number of carbonyl (C=O) groups excluding carboxylic acids is 1. The van der Waals surface area contributed by atoms with E-state index in [2.05, 4.69) is 0 Å². The lowest BCUT2D eigenvalue weighted by Crippen LogP contribution is -2.27. The van der Waals surface area contributed by atoms with E-state index in [4.69, 9.17) is 0 Å². The van der Waals surface area contributed by atoms with Crippen LogP contribution in [0.4, 0.5) is 17.1 Å². The first kappa shape index (κ1) is 18.3. The molecule has 0 bridgehead atoms. The van der Waals surface area contributed by atoms with E-state index < -0.39 is 10.0 Å². The lowest BCUT2D eigenvalue weighted by Gasteiger charge is -2.26. The van der Waals surface area contributed by atoms with E-state index in [0.29, 0.717) is 22.6 Å². The number of aryl methyl sites for hydroxylation is 2. The highest BCUT2D eigenvalue weighted by atomic mass is 32.2. The van der Waals surface area contributed by atoms with Crippen molar-refractivity contribution >= 4 is 33.0 Å². The summed E-state index contributed by atoms with van der Waals surface area (Å²) in [7, 11) is -2.28. The number of anilines is 3. The number of carbonyl (C=O) groups is 1.